The van der Waals surface area contributed by atoms with Gasteiger partial charge in [0.2, 0.25) is 11.8 Å². The molecule has 0 spiro atoms. The van der Waals surface area contributed by atoms with E-state index >= 15 is 0 Å². The van der Waals surface area contributed by atoms with Gasteiger partial charge in [-0.15, -0.1) is 23.2 Å². The molecule has 3 atom stereocenters. The number of nitro groups is 1. The van der Waals surface area contributed by atoms with E-state index in [1.54, 1.807) is 6.07 Å². The molecule has 1 heterocycles. The van der Waals surface area contributed by atoms with Gasteiger partial charge in [-0.1, -0.05) is 60.7 Å². The minimum Gasteiger partial charge on any atom is -0.459 e. The molecular weight excluding hydrogens is 531 g/mol. The zero-order valence-electron chi connectivity index (χ0n) is 20.0. The zero-order valence-corrected chi connectivity index (χ0v) is 21.5. The Balaban J connectivity index is 1.37. The largest absolute Gasteiger partial charge is 0.459 e. The lowest BCUT2D eigenvalue weighted by Gasteiger charge is -2.54. The number of ether oxygens (including phenoxy) is 1. The van der Waals surface area contributed by atoms with Gasteiger partial charge in [-0.2, -0.15) is 0 Å². The third-order valence-corrected chi connectivity index (χ3v) is 9.19. The maximum Gasteiger partial charge on any atom is 0.329 e. The van der Waals surface area contributed by atoms with Crippen LogP contribution < -0.4 is 0 Å². The van der Waals surface area contributed by atoms with Crippen LogP contribution in [0.5, 0.6) is 0 Å². The Morgan fingerprint density at radius 1 is 0.895 bits per heavy atom. The van der Waals surface area contributed by atoms with Gasteiger partial charge in [-0.25, -0.2) is 4.79 Å². The van der Waals surface area contributed by atoms with Gasteiger partial charge in [-0.3, -0.25) is 24.6 Å². The molecule has 2 amide bonds. The molecule has 1 saturated heterocycles. The first-order valence-corrected chi connectivity index (χ1v) is 12.7. The zero-order chi connectivity index (χ0) is 27.0. The summed E-state index contributed by atoms with van der Waals surface area (Å²) >= 11 is 14.8. The van der Waals surface area contributed by atoms with E-state index in [9.17, 15) is 24.5 Å². The number of hydrogen-bond donors (Lipinski definition) is 0. The van der Waals surface area contributed by atoms with E-state index in [0.717, 1.165) is 4.90 Å². The Bertz CT molecular complexity index is 1430. The maximum absolute atomic E-state index is 13.9. The van der Waals surface area contributed by atoms with Crippen molar-refractivity contribution >= 4 is 46.7 Å². The minimum absolute atomic E-state index is 0.189. The average molecular weight is 551 g/mol. The van der Waals surface area contributed by atoms with Crippen molar-refractivity contribution in [2.24, 2.45) is 11.8 Å². The molecule has 3 aromatic rings. The second kappa shape index (κ2) is 8.38. The normalized spacial score (nSPS) is 27.4. The average Bonchev–Trinajstić information content (AvgIpc) is 3.20. The topological polar surface area (TPSA) is 107 Å². The molecule has 0 radical (unpaired) electrons. The minimum atomic E-state index is -1.36. The summed E-state index contributed by atoms with van der Waals surface area (Å²) in [5.74, 6) is -4.18. The highest BCUT2D eigenvalue weighted by molar-refractivity contribution is 6.36. The molecule has 38 heavy (non-hydrogen) atoms. The number of esters is 1. The molecule has 4 aliphatic rings. The second-order valence-corrected chi connectivity index (χ2v) is 10.9. The second-order valence-electron chi connectivity index (χ2n) is 9.69. The number of amides is 2. The van der Waals surface area contributed by atoms with Crippen molar-refractivity contribution in [1.82, 2.24) is 4.90 Å². The number of carbonyl (C=O) groups is 3. The number of likely N-dealkylation sites (tertiary alicyclic amines) is 1. The molecule has 1 aliphatic heterocycles. The number of benzene rings is 3. The number of imide groups is 1. The Labute approximate surface area is 227 Å². The third-order valence-electron chi connectivity index (χ3n) is 7.91. The summed E-state index contributed by atoms with van der Waals surface area (Å²) in [6.07, 6.45) is 0. The Hall–Kier alpha value is -3.75. The first-order chi connectivity index (χ1) is 18.1. The van der Waals surface area contributed by atoms with E-state index < -0.39 is 50.3 Å². The molecule has 3 aliphatic carbocycles. The molecule has 0 N–H and O–H groups in total. The predicted octanol–water partition coefficient (Wildman–Crippen LogP) is 4.62. The van der Waals surface area contributed by atoms with Gasteiger partial charge in [0.15, 0.2) is 0 Å². The number of hydrogen-bond acceptors (Lipinski definition) is 6. The van der Waals surface area contributed by atoms with E-state index in [0.29, 0.717) is 22.3 Å². The highest BCUT2D eigenvalue weighted by Crippen LogP contribution is 2.69. The van der Waals surface area contributed by atoms with Gasteiger partial charge in [0.25, 0.3) is 5.69 Å². The standard InChI is InChI=1S/C28H20Cl2N2O6/c1-15(26(35)38-14-16-8-2-7-13-21(16)32(36)37)31-24(33)22-23(25(31)34)28(30)18-10-4-3-9-17(18)27(22,29)19-11-5-6-12-20(19)28/h2-13,15,22-23H,14H2,1H3/t15-,22-,23+,27?,28?/m0/s1. The molecule has 0 unspecified atom stereocenters. The van der Waals surface area contributed by atoms with Crippen molar-refractivity contribution in [3.05, 3.63) is 111 Å². The van der Waals surface area contributed by atoms with E-state index in [-0.39, 0.29) is 17.9 Å². The van der Waals surface area contributed by atoms with Crippen LogP contribution in [0.4, 0.5) is 5.69 Å². The SMILES string of the molecule is C[C@@H](C(=O)OCc1ccccc1[N+](=O)[O-])N1C(=O)[C@@H]2[C@H](C1=O)C1(Cl)c3ccccc3C2(Cl)c2ccccc21. The summed E-state index contributed by atoms with van der Waals surface area (Å²) in [5, 5.41) is 11.3. The van der Waals surface area contributed by atoms with Crippen molar-refractivity contribution in [3.63, 3.8) is 0 Å². The van der Waals surface area contributed by atoms with E-state index in [1.807, 2.05) is 48.5 Å². The lowest BCUT2D eigenvalue weighted by atomic mass is 9.54. The molecule has 0 saturated carbocycles. The fourth-order valence-corrected chi connectivity index (χ4v) is 7.35. The smallest absolute Gasteiger partial charge is 0.329 e. The van der Waals surface area contributed by atoms with Gasteiger partial charge < -0.3 is 4.74 Å². The van der Waals surface area contributed by atoms with Crippen LogP contribution >= 0.6 is 23.2 Å². The Morgan fingerprint density at radius 2 is 1.32 bits per heavy atom. The summed E-state index contributed by atoms with van der Waals surface area (Å²) in [6.45, 7) is 0.998. The molecular formula is C28H20Cl2N2O6. The molecule has 10 heteroatoms. The lowest BCUT2D eigenvalue weighted by Crippen LogP contribution is -2.57. The number of nitro benzene ring substituents is 1. The first-order valence-electron chi connectivity index (χ1n) is 12.0. The van der Waals surface area contributed by atoms with Gasteiger partial charge in [0, 0.05) is 6.07 Å². The van der Waals surface area contributed by atoms with Gasteiger partial charge >= 0.3 is 5.97 Å². The van der Waals surface area contributed by atoms with Crippen LogP contribution in [-0.4, -0.2) is 33.6 Å². The van der Waals surface area contributed by atoms with Crippen molar-refractivity contribution in [1.29, 1.82) is 0 Å². The van der Waals surface area contributed by atoms with Crippen LogP contribution in [0.25, 0.3) is 0 Å². The maximum atomic E-state index is 13.9. The Kier molecular flexibility index (Phi) is 5.42. The molecule has 2 bridgehead atoms. The van der Waals surface area contributed by atoms with E-state index in [2.05, 4.69) is 0 Å². The number of rotatable bonds is 5. The van der Waals surface area contributed by atoms with Crippen molar-refractivity contribution in [2.75, 3.05) is 0 Å². The summed E-state index contributed by atoms with van der Waals surface area (Å²) in [7, 11) is 0. The fraction of sp³-hybridized carbons (Fsp3) is 0.250. The number of alkyl halides is 2. The Morgan fingerprint density at radius 3 is 1.76 bits per heavy atom. The van der Waals surface area contributed by atoms with E-state index in [4.69, 9.17) is 27.9 Å². The first kappa shape index (κ1) is 24.6. The van der Waals surface area contributed by atoms with Crippen molar-refractivity contribution in [2.45, 2.75) is 29.3 Å². The summed E-state index contributed by atoms with van der Waals surface area (Å²) < 4.78 is 5.33. The number of halogens is 2. The van der Waals surface area contributed by atoms with Crippen LogP contribution in [0, 0.1) is 22.0 Å². The monoisotopic (exact) mass is 550 g/mol. The van der Waals surface area contributed by atoms with Crippen LogP contribution in [0.3, 0.4) is 0 Å². The molecule has 7 rings (SSSR count). The predicted molar refractivity (Wildman–Crippen MR) is 137 cm³/mol. The summed E-state index contributed by atoms with van der Waals surface area (Å²) in [4.78, 5) is 49.8. The third kappa shape index (κ3) is 3.01. The van der Waals surface area contributed by atoms with E-state index in [1.165, 1.54) is 25.1 Å². The molecule has 0 aromatic heterocycles. The van der Waals surface area contributed by atoms with Crippen LogP contribution in [0.2, 0.25) is 0 Å². The van der Waals surface area contributed by atoms with Crippen LogP contribution in [-0.2, 0) is 35.5 Å². The van der Waals surface area contributed by atoms with Crippen LogP contribution in [0.1, 0.15) is 34.7 Å². The van der Waals surface area contributed by atoms with Gasteiger partial charge in [-0.05, 0) is 35.2 Å². The number of para-hydroxylation sites is 1. The molecule has 8 nitrogen and oxygen atoms in total. The molecule has 3 aromatic carbocycles. The highest BCUT2D eigenvalue weighted by atomic mass is 35.5. The van der Waals surface area contributed by atoms with Crippen molar-refractivity contribution < 1.29 is 24.0 Å². The van der Waals surface area contributed by atoms with Gasteiger partial charge in [0.05, 0.1) is 22.3 Å². The lowest BCUT2D eigenvalue weighted by molar-refractivity contribution is -0.385. The number of nitrogens with zero attached hydrogens (tertiary/aromatic N) is 2. The summed E-state index contributed by atoms with van der Waals surface area (Å²) in [5.41, 5.74) is 2.62. The van der Waals surface area contributed by atoms with Crippen molar-refractivity contribution in [3.8, 4) is 0 Å². The summed E-state index contributed by atoms with van der Waals surface area (Å²) in [6, 6.07) is 19.1. The highest BCUT2D eigenvalue weighted by Gasteiger charge is 2.73. The van der Waals surface area contributed by atoms with Crippen LogP contribution in [0.15, 0.2) is 72.8 Å². The quantitative estimate of drug-likeness (QED) is 0.151. The fourth-order valence-electron chi connectivity index (χ4n) is 6.26. The van der Waals surface area contributed by atoms with Gasteiger partial charge in [0.1, 0.15) is 22.4 Å². The molecule has 1 fully saturated rings. The molecule has 192 valence electrons. The number of carbonyl (C=O) groups excluding carboxylic acids is 3.